The summed E-state index contributed by atoms with van der Waals surface area (Å²) in [6.07, 6.45) is 4.23. The first-order valence-corrected chi connectivity index (χ1v) is 9.77. The van der Waals surface area contributed by atoms with Crippen molar-refractivity contribution in [3.63, 3.8) is 0 Å². The first kappa shape index (κ1) is 21.0. The monoisotopic (exact) mass is 435 g/mol. The van der Waals surface area contributed by atoms with Crippen LogP contribution in [0.25, 0.3) is 22.0 Å². The average molecular weight is 435 g/mol. The molecule has 164 valence electrons. The van der Waals surface area contributed by atoms with Gasteiger partial charge in [0.1, 0.15) is 17.1 Å². The summed E-state index contributed by atoms with van der Waals surface area (Å²) in [6.45, 7) is 5.34. The number of fused-ring (bicyclic) bond motifs is 1. The molecule has 2 heterocycles. The highest BCUT2D eigenvalue weighted by atomic mass is 16.6. The number of ether oxygens (including phenoxy) is 2. The van der Waals surface area contributed by atoms with Crippen molar-refractivity contribution in [2.24, 2.45) is 7.05 Å². The molecule has 0 fully saturated rings. The van der Waals surface area contributed by atoms with Crippen LogP contribution >= 0.6 is 0 Å². The lowest BCUT2D eigenvalue weighted by molar-refractivity contribution is -0.384. The van der Waals surface area contributed by atoms with Crippen LogP contribution in [0.5, 0.6) is 11.5 Å². The van der Waals surface area contributed by atoms with Crippen molar-refractivity contribution in [3.05, 3.63) is 65.1 Å². The standard InChI is InChI=1S/C22H21N5O5/c1-22(2,3)32-21(28)26-13-15(12-24-26)18-10-19-14(11-23-25(19)4)9-20(18)31-17-7-5-16(6-8-17)27(29)30/h5-13H,1-4H3. The zero-order valence-corrected chi connectivity index (χ0v) is 18.0. The number of hydrogen-bond acceptors (Lipinski definition) is 7. The average Bonchev–Trinajstić information content (AvgIpc) is 3.34. The molecule has 0 amide bonds. The quantitative estimate of drug-likeness (QED) is 0.330. The van der Waals surface area contributed by atoms with E-state index in [1.54, 1.807) is 44.0 Å². The van der Waals surface area contributed by atoms with Gasteiger partial charge < -0.3 is 9.47 Å². The summed E-state index contributed by atoms with van der Waals surface area (Å²) in [6, 6.07) is 9.51. The SMILES string of the molecule is Cn1ncc2cc(Oc3ccc([N+](=O)[O-])cc3)c(-c3cnn(C(=O)OC(C)(C)C)c3)cc21. The topological polar surface area (TPSA) is 114 Å². The van der Waals surface area contributed by atoms with Gasteiger partial charge in [-0.1, -0.05) is 0 Å². The maximum Gasteiger partial charge on any atom is 0.435 e. The van der Waals surface area contributed by atoms with E-state index in [1.807, 2.05) is 19.2 Å². The zero-order chi connectivity index (χ0) is 23.0. The highest BCUT2D eigenvalue weighted by Crippen LogP contribution is 2.37. The van der Waals surface area contributed by atoms with E-state index in [-0.39, 0.29) is 5.69 Å². The Morgan fingerprint density at radius 3 is 2.47 bits per heavy atom. The van der Waals surface area contributed by atoms with Crippen molar-refractivity contribution < 1.29 is 19.2 Å². The maximum absolute atomic E-state index is 12.4. The number of hydrogen-bond donors (Lipinski definition) is 0. The zero-order valence-electron chi connectivity index (χ0n) is 18.0. The van der Waals surface area contributed by atoms with Crippen LogP contribution in [0.4, 0.5) is 10.5 Å². The lowest BCUT2D eigenvalue weighted by atomic mass is 10.1. The molecule has 0 radical (unpaired) electrons. The van der Waals surface area contributed by atoms with Crippen LogP contribution in [0.15, 0.2) is 55.0 Å². The minimum absolute atomic E-state index is 0.0288. The van der Waals surface area contributed by atoms with E-state index in [0.29, 0.717) is 22.6 Å². The molecule has 2 aromatic carbocycles. The number of aromatic nitrogens is 4. The molecule has 0 saturated heterocycles. The van der Waals surface area contributed by atoms with E-state index < -0.39 is 16.6 Å². The smallest absolute Gasteiger partial charge is 0.435 e. The Kier molecular flexibility index (Phi) is 5.13. The summed E-state index contributed by atoms with van der Waals surface area (Å²) in [7, 11) is 1.83. The van der Waals surface area contributed by atoms with Crippen LogP contribution in [0.1, 0.15) is 20.8 Å². The number of non-ortho nitro benzene ring substituents is 1. The summed E-state index contributed by atoms with van der Waals surface area (Å²) in [5, 5.41) is 20.2. The molecule has 0 atom stereocenters. The van der Waals surface area contributed by atoms with Gasteiger partial charge in [0, 0.05) is 41.9 Å². The van der Waals surface area contributed by atoms with E-state index in [2.05, 4.69) is 10.2 Å². The number of nitrogens with zero attached hydrogens (tertiary/aromatic N) is 5. The van der Waals surface area contributed by atoms with E-state index in [9.17, 15) is 14.9 Å². The molecule has 0 bridgehead atoms. The third kappa shape index (κ3) is 4.29. The molecule has 0 aliphatic heterocycles. The van der Waals surface area contributed by atoms with Gasteiger partial charge in [-0.25, -0.2) is 4.79 Å². The Hall–Kier alpha value is -4.21. The molecule has 2 aromatic heterocycles. The molecule has 0 spiro atoms. The summed E-state index contributed by atoms with van der Waals surface area (Å²) >= 11 is 0. The molecule has 0 aliphatic rings. The Morgan fingerprint density at radius 1 is 1.09 bits per heavy atom. The summed E-state index contributed by atoms with van der Waals surface area (Å²) < 4.78 is 14.3. The first-order valence-electron chi connectivity index (χ1n) is 9.77. The molecule has 4 rings (SSSR count). The second-order valence-corrected chi connectivity index (χ2v) is 8.18. The van der Waals surface area contributed by atoms with Crippen LogP contribution in [0.2, 0.25) is 0 Å². The van der Waals surface area contributed by atoms with Gasteiger partial charge >= 0.3 is 6.09 Å². The number of rotatable bonds is 4. The third-order valence-electron chi connectivity index (χ3n) is 4.60. The lowest BCUT2D eigenvalue weighted by Gasteiger charge is -2.18. The van der Waals surface area contributed by atoms with Gasteiger partial charge in [0.15, 0.2) is 0 Å². The lowest BCUT2D eigenvalue weighted by Crippen LogP contribution is -2.27. The number of carbonyl (C=O) groups is 1. The molecular formula is C22H21N5O5. The first-order chi connectivity index (χ1) is 15.1. The minimum atomic E-state index is -0.652. The molecule has 0 saturated carbocycles. The Bertz CT molecular complexity index is 1310. The number of benzene rings is 2. The fraction of sp³-hybridized carbons (Fsp3) is 0.227. The summed E-state index contributed by atoms with van der Waals surface area (Å²) in [5.41, 5.74) is 1.49. The number of carbonyl (C=O) groups excluding carboxylic acids is 1. The van der Waals surface area contributed by atoms with Crippen molar-refractivity contribution in [2.45, 2.75) is 26.4 Å². The molecule has 10 heteroatoms. The molecule has 0 N–H and O–H groups in total. The third-order valence-corrected chi connectivity index (χ3v) is 4.60. The largest absolute Gasteiger partial charge is 0.457 e. The molecular weight excluding hydrogens is 414 g/mol. The summed E-state index contributed by atoms with van der Waals surface area (Å²) in [4.78, 5) is 22.8. The van der Waals surface area contributed by atoms with Crippen molar-refractivity contribution >= 4 is 22.7 Å². The second kappa shape index (κ2) is 7.80. The Balaban J connectivity index is 1.74. The van der Waals surface area contributed by atoms with E-state index in [1.165, 1.54) is 24.3 Å². The predicted octanol–water partition coefficient (Wildman–Crippen LogP) is 4.92. The molecule has 0 aliphatic carbocycles. The molecule has 0 unspecified atom stereocenters. The number of aryl methyl sites for hydroxylation is 1. The van der Waals surface area contributed by atoms with Crippen LogP contribution in [0, 0.1) is 10.1 Å². The van der Waals surface area contributed by atoms with E-state index >= 15 is 0 Å². The van der Waals surface area contributed by atoms with Gasteiger partial charge in [0.25, 0.3) is 5.69 Å². The molecule has 4 aromatic rings. The van der Waals surface area contributed by atoms with Crippen LogP contribution in [-0.4, -0.2) is 36.2 Å². The fourth-order valence-electron chi connectivity index (χ4n) is 3.12. The van der Waals surface area contributed by atoms with Crippen molar-refractivity contribution in [2.75, 3.05) is 0 Å². The van der Waals surface area contributed by atoms with Gasteiger partial charge in [-0.2, -0.15) is 14.9 Å². The van der Waals surface area contributed by atoms with Crippen LogP contribution < -0.4 is 4.74 Å². The highest BCUT2D eigenvalue weighted by Gasteiger charge is 2.20. The van der Waals surface area contributed by atoms with E-state index in [0.717, 1.165) is 15.6 Å². The van der Waals surface area contributed by atoms with Crippen molar-refractivity contribution in [1.82, 2.24) is 19.6 Å². The van der Waals surface area contributed by atoms with E-state index in [4.69, 9.17) is 9.47 Å². The van der Waals surface area contributed by atoms with Gasteiger partial charge in [-0.3, -0.25) is 14.8 Å². The van der Waals surface area contributed by atoms with Crippen LogP contribution in [-0.2, 0) is 11.8 Å². The predicted molar refractivity (Wildman–Crippen MR) is 117 cm³/mol. The fourth-order valence-corrected chi connectivity index (χ4v) is 3.12. The Labute approximate surface area is 183 Å². The number of nitro groups is 1. The van der Waals surface area contributed by atoms with Gasteiger partial charge in [-0.15, -0.1) is 0 Å². The van der Waals surface area contributed by atoms with Crippen molar-refractivity contribution in [3.8, 4) is 22.6 Å². The molecule has 10 nitrogen and oxygen atoms in total. The van der Waals surface area contributed by atoms with Gasteiger partial charge in [0.2, 0.25) is 0 Å². The maximum atomic E-state index is 12.4. The highest BCUT2D eigenvalue weighted by molar-refractivity contribution is 5.88. The normalized spacial score (nSPS) is 11.5. The minimum Gasteiger partial charge on any atom is -0.457 e. The van der Waals surface area contributed by atoms with Gasteiger partial charge in [-0.05, 0) is 45.0 Å². The van der Waals surface area contributed by atoms with Gasteiger partial charge in [0.05, 0.1) is 22.8 Å². The van der Waals surface area contributed by atoms with Crippen molar-refractivity contribution in [1.29, 1.82) is 0 Å². The molecule has 32 heavy (non-hydrogen) atoms. The summed E-state index contributed by atoms with van der Waals surface area (Å²) in [5.74, 6) is 0.919. The second-order valence-electron chi connectivity index (χ2n) is 8.18. The number of nitro benzene ring substituents is 1. The van der Waals surface area contributed by atoms with Crippen LogP contribution in [0.3, 0.4) is 0 Å². The Morgan fingerprint density at radius 2 is 1.81 bits per heavy atom.